The Morgan fingerprint density at radius 2 is 2.04 bits per heavy atom. The van der Waals surface area contributed by atoms with Crippen LogP contribution in [0.5, 0.6) is 5.75 Å². The van der Waals surface area contributed by atoms with Gasteiger partial charge in [0.25, 0.3) is 0 Å². The average Bonchev–Trinajstić information content (AvgIpc) is 3.15. The van der Waals surface area contributed by atoms with E-state index in [1.165, 1.54) is 11.1 Å². The zero-order valence-corrected chi connectivity index (χ0v) is 16.4. The number of fused-ring (bicyclic) bond motifs is 1. The minimum atomic E-state index is 0.117. The number of aryl methyl sites for hydroxylation is 2. The van der Waals surface area contributed by atoms with E-state index in [-0.39, 0.29) is 5.91 Å². The van der Waals surface area contributed by atoms with Gasteiger partial charge in [-0.05, 0) is 55.7 Å². The maximum atomic E-state index is 12.9. The number of hydrogen-bond acceptors (Lipinski definition) is 4. The second kappa shape index (κ2) is 7.53. The van der Waals surface area contributed by atoms with E-state index in [2.05, 4.69) is 30.1 Å². The van der Waals surface area contributed by atoms with Gasteiger partial charge in [-0.3, -0.25) is 4.79 Å². The van der Waals surface area contributed by atoms with Gasteiger partial charge in [0.05, 0.1) is 19.2 Å². The summed E-state index contributed by atoms with van der Waals surface area (Å²) in [7, 11) is 1.65. The first-order chi connectivity index (χ1) is 13.1. The molecule has 0 fully saturated rings. The van der Waals surface area contributed by atoms with Gasteiger partial charge >= 0.3 is 0 Å². The summed E-state index contributed by atoms with van der Waals surface area (Å²) in [5.41, 5.74) is 5.44. The zero-order valence-electron chi connectivity index (χ0n) is 15.6. The Morgan fingerprint density at radius 3 is 2.81 bits per heavy atom. The van der Waals surface area contributed by atoms with Crippen LogP contribution < -0.4 is 9.64 Å². The van der Waals surface area contributed by atoms with Crippen molar-refractivity contribution in [2.75, 3.05) is 18.6 Å². The second-order valence-electron chi connectivity index (χ2n) is 6.83. The Morgan fingerprint density at radius 1 is 1.22 bits per heavy atom. The number of rotatable bonds is 4. The van der Waals surface area contributed by atoms with E-state index < -0.39 is 0 Å². The number of anilines is 1. The molecular weight excluding hydrogens is 356 g/mol. The minimum Gasteiger partial charge on any atom is -0.497 e. The molecule has 0 aliphatic carbocycles. The molecule has 3 aromatic rings. The van der Waals surface area contributed by atoms with Crippen LogP contribution in [0.3, 0.4) is 0 Å². The number of benzene rings is 2. The summed E-state index contributed by atoms with van der Waals surface area (Å²) in [6.45, 7) is 2.88. The smallest absolute Gasteiger partial charge is 0.233 e. The molecule has 0 radical (unpaired) electrons. The molecule has 4 nitrogen and oxygen atoms in total. The molecule has 1 amide bonds. The van der Waals surface area contributed by atoms with E-state index >= 15 is 0 Å². The number of hydrogen-bond donors (Lipinski definition) is 0. The Balaban J connectivity index is 1.50. The quantitative estimate of drug-likeness (QED) is 0.664. The average molecular weight is 378 g/mol. The maximum Gasteiger partial charge on any atom is 0.233 e. The monoisotopic (exact) mass is 378 g/mol. The van der Waals surface area contributed by atoms with Gasteiger partial charge in [-0.15, -0.1) is 11.3 Å². The Kier molecular flexibility index (Phi) is 4.94. The van der Waals surface area contributed by atoms with Gasteiger partial charge in [0.2, 0.25) is 5.91 Å². The summed E-state index contributed by atoms with van der Waals surface area (Å²) < 4.78 is 5.20. The van der Waals surface area contributed by atoms with Gasteiger partial charge in [0.1, 0.15) is 10.8 Å². The van der Waals surface area contributed by atoms with Crippen LogP contribution in [0.15, 0.2) is 47.8 Å². The highest BCUT2D eigenvalue weighted by molar-refractivity contribution is 7.13. The maximum absolute atomic E-state index is 12.9. The number of carbonyl (C=O) groups is 1. The van der Waals surface area contributed by atoms with Gasteiger partial charge in [-0.1, -0.05) is 17.7 Å². The van der Waals surface area contributed by atoms with Gasteiger partial charge in [0.15, 0.2) is 0 Å². The second-order valence-corrected chi connectivity index (χ2v) is 7.69. The number of ether oxygens (including phenoxy) is 1. The van der Waals surface area contributed by atoms with E-state index in [9.17, 15) is 4.79 Å². The molecule has 0 N–H and O–H groups in total. The molecule has 1 aliphatic rings. The lowest BCUT2D eigenvalue weighted by Gasteiger charge is -2.29. The predicted molar refractivity (Wildman–Crippen MR) is 110 cm³/mol. The molecular formula is C22H22N2O2S. The summed E-state index contributed by atoms with van der Waals surface area (Å²) in [5.74, 6) is 0.941. The molecule has 4 rings (SSSR count). The van der Waals surface area contributed by atoms with Crippen LogP contribution >= 0.6 is 11.3 Å². The van der Waals surface area contributed by atoms with Gasteiger partial charge in [-0.25, -0.2) is 4.98 Å². The number of methoxy groups -OCH3 is 1. The predicted octanol–water partition coefficient (Wildman–Crippen LogP) is 4.65. The van der Waals surface area contributed by atoms with Gasteiger partial charge in [-0.2, -0.15) is 0 Å². The molecule has 27 heavy (non-hydrogen) atoms. The highest BCUT2D eigenvalue weighted by Crippen LogP contribution is 2.30. The van der Waals surface area contributed by atoms with E-state index in [1.807, 2.05) is 34.5 Å². The number of amides is 1. The summed E-state index contributed by atoms with van der Waals surface area (Å²) in [6, 6.07) is 14.2. The Labute approximate surface area is 163 Å². The van der Waals surface area contributed by atoms with Crippen LogP contribution in [0.2, 0.25) is 0 Å². The molecule has 0 atom stereocenters. The van der Waals surface area contributed by atoms with Crippen LogP contribution in [0, 0.1) is 6.92 Å². The lowest BCUT2D eigenvalue weighted by Crippen LogP contribution is -2.36. The Bertz CT molecular complexity index is 963. The van der Waals surface area contributed by atoms with Crippen molar-refractivity contribution in [3.05, 3.63) is 64.7 Å². The molecule has 5 heteroatoms. The first kappa shape index (κ1) is 17.7. The van der Waals surface area contributed by atoms with E-state index in [0.29, 0.717) is 6.42 Å². The van der Waals surface area contributed by atoms with Crippen molar-refractivity contribution in [2.24, 2.45) is 0 Å². The third kappa shape index (κ3) is 3.74. The third-order valence-electron chi connectivity index (χ3n) is 4.88. The Hall–Kier alpha value is -2.66. The van der Waals surface area contributed by atoms with Crippen LogP contribution in [-0.4, -0.2) is 24.5 Å². The summed E-state index contributed by atoms with van der Waals surface area (Å²) in [5, 5.41) is 2.91. The van der Waals surface area contributed by atoms with Crippen molar-refractivity contribution in [2.45, 2.75) is 26.2 Å². The fraction of sp³-hybridized carbons (Fsp3) is 0.273. The molecule has 138 valence electrons. The largest absolute Gasteiger partial charge is 0.497 e. The summed E-state index contributed by atoms with van der Waals surface area (Å²) in [4.78, 5) is 19.5. The molecule has 1 aromatic heterocycles. The molecule has 2 heterocycles. The molecule has 0 spiro atoms. The zero-order chi connectivity index (χ0) is 18.8. The summed E-state index contributed by atoms with van der Waals surface area (Å²) in [6.07, 6.45) is 2.38. The van der Waals surface area contributed by atoms with E-state index in [1.54, 1.807) is 18.4 Å². The molecule has 0 saturated carbocycles. The fourth-order valence-corrected chi connectivity index (χ4v) is 4.32. The lowest BCUT2D eigenvalue weighted by molar-refractivity contribution is -0.118. The number of aromatic nitrogens is 1. The van der Waals surface area contributed by atoms with Crippen molar-refractivity contribution < 1.29 is 9.53 Å². The van der Waals surface area contributed by atoms with Crippen LogP contribution in [-0.2, 0) is 17.6 Å². The topological polar surface area (TPSA) is 42.4 Å². The standard InChI is InChI=1S/C22H22N2O2S/c1-15-5-10-20-17(12-15)4-3-11-24(20)21(25)13-18-14-27-22(23-18)16-6-8-19(26-2)9-7-16/h5-10,12,14H,3-4,11,13H2,1-2H3. The highest BCUT2D eigenvalue weighted by atomic mass is 32.1. The van der Waals surface area contributed by atoms with Crippen molar-refractivity contribution in [3.63, 3.8) is 0 Å². The van der Waals surface area contributed by atoms with E-state index in [0.717, 1.165) is 47.1 Å². The number of carbonyl (C=O) groups excluding carboxylic acids is 1. The van der Waals surface area contributed by atoms with Crippen molar-refractivity contribution in [1.29, 1.82) is 0 Å². The van der Waals surface area contributed by atoms with Gasteiger partial charge < -0.3 is 9.64 Å². The van der Waals surface area contributed by atoms with Crippen LogP contribution in [0.1, 0.15) is 23.2 Å². The minimum absolute atomic E-state index is 0.117. The number of thiazole rings is 1. The molecule has 0 bridgehead atoms. The van der Waals surface area contributed by atoms with Crippen molar-refractivity contribution in [1.82, 2.24) is 4.98 Å². The first-order valence-corrected chi connectivity index (χ1v) is 10.0. The van der Waals surface area contributed by atoms with Crippen molar-refractivity contribution in [3.8, 4) is 16.3 Å². The van der Waals surface area contributed by atoms with Crippen LogP contribution in [0.4, 0.5) is 5.69 Å². The molecule has 2 aromatic carbocycles. The third-order valence-corrected chi connectivity index (χ3v) is 5.82. The number of nitrogens with zero attached hydrogens (tertiary/aromatic N) is 2. The van der Waals surface area contributed by atoms with E-state index in [4.69, 9.17) is 4.74 Å². The SMILES string of the molecule is COc1ccc(-c2nc(CC(=O)N3CCCc4cc(C)ccc43)cs2)cc1. The normalized spacial score (nSPS) is 13.3. The van der Waals surface area contributed by atoms with Crippen LogP contribution in [0.25, 0.3) is 10.6 Å². The molecule has 0 saturated heterocycles. The highest BCUT2D eigenvalue weighted by Gasteiger charge is 2.23. The molecule has 0 unspecified atom stereocenters. The fourth-order valence-electron chi connectivity index (χ4n) is 3.49. The molecule has 1 aliphatic heterocycles. The van der Waals surface area contributed by atoms with Crippen molar-refractivity contribution >= 4 is 22.9 Å². The lowest BCUT2D eigenvalue weighted by atomic mass is 9.99. The van der Waals surface area contributed by atoms with Gasteiger partial charge in [0, 0.05) is 23.2 Å². The first-order valence-electron chi connectivity index (χ1n) is 9.13. The summed E-state index contributed by atoms with van der Waals surface area (Å²) >= 11 is 1.57.